The molecule has 0 bridgehead atoms. The van der Waals surface area contributed by atoms with E-state index in [0.29, 0.717) is 25.0 Å². The minimum absolute atomic E-state index is 0.577. The van der Waals surface area contributed by atoms with Gasteiger partial charge in [0.15, 0.2) is 0 Å². The Hall–Kier alpha value is -1.72. The number of methoxy groups -OCH3 is 1. The summed E-state index contributed by atoms with van der Waals surface area (Å²) in [4.78, 5) is 1.50. The fourth-order valence-electron chi connectivity index (χ4n) is 2.96. The lowest BCUT2D eigenvalue weighted by Gasteiger charge is -2.17. The Morgan fingerprint density at radius 3 is 2.06 bits per heavy atom. The summed E-state index contributed by atoms with van der Waals surface area (Å²) in [5.41, 5.74) is 2.89. The Labute approximate surface area is 199 Å². The molecule has 170 valence electrons. The van der Waals surface area contributed by atoms with Crippen LogP contribution in [-0.2, 0) is 0 Å². The van der Waals surface area contributed by atoms with Crippen molar-refractivity contribution in [1.82, 2.24) is 0 Å². The van der Waals surface area contributed by atoms with Gasteiger partial charge in [0.1, 0.15) is 17.2 Å². The Bertz CT molecular complexity index is 888. The third kappa shape index (κ3) is 7.73. The molecule has 2 aromatic carbocycles. The number of thiol groups is 2. The number of hydrogen-bond donors (Lipinski definition) is 2. The van der Waals surface area contributed by atoms with E-state index in [4.69, 9.17) is 39.5 Å². The summed E-state index contributed by atoms with van der Waals surface area (Å²) in [7, 11) is 1.67. The van der Waals surface area contributed by atoms with Crippen LogP contribution in [0.5, 0.6) is 17.2 Å². The summed E-state index contributed by atoms with van der Waals surface area (Å²) in [5, 5.41) is 0. The van der Waals surface area contributed by atoms with E-state index in [1.807, 2.05) is 43.3 Å². The second kappa shape index (κ2) is 12.4. The molecule has 5 heteroatoms. The van der Waals surface area contributed by atoms with Crippen molar-refractivity contribution in [1.29, 1.82) is 0 Å². The summed E-state index contributed by atoms with van der Waals surface area (Å²) in [6.45, 7) is 12.1. The first-order valence-electron chi connectivity index (χ1n) is 10.9. The van der Waals surface area contributed by atoms with Crippen LogP contribution < -0.4 is 14.2 Å². The molecule has 31 heavy (non-hydrogen) atoms. The van der Waals surface area contributed by atoms with Gasteiger partial charge >= 0.3 is 0 Å². The molecule has 0 aromatic heterocycles. The van der Waals surface area contributed by atoms with Gasteiger partial charge in [-0.3, -0.25) is 0 Å². The molecule has 2 rings (SSSR count). The Balaban J connectivity index is 2.40. The summed E-state index contributed by atoms with van der Waals surface area (Å²) < 4.78 is 17.6. The van der Waals surface area contributed by atoms with Crippen molar-refractivity contribution in [2.75, 3.05) is 20.3 Å². The first-order valence-corrected chi connectivity index (χ1v) is 11.8. The maximum Gasteiger partial charge on any atom is 0.127 e. The number of rotatable bonds is 11. The van der Waals surface area contributed by atoms with Crippen LogP contribution in [0.3, 0.4) is 0 Å². The zero-order valence-corrected chi connectivity index (χ0v) is 21.4. The molecule has 2 aromatic rings. The Morgan fingerprint density at radius 1 is 0.806 bits per heavy atom. The highest BCUT2D eigenvalue weighted by Crippen LogP contribution is 2.39. The minimum Gasteiger partial charge on any atom is -0.496 e. The van der Waals surface area contributed by atoms with Crippen LogP contribution in [0.4, 0.5) is 0 Å². The van der Waals surface area contributed by atoms with Gasteiger partial charge in [-0.15, -0.1) is 25.3 Å². The van der Waals surface area contributed by atoms with Crippen LogP contribution in [0.1, 0.15) is 57.2 Å². The number of benzene rings is 2. The van der Waals surface area contributed by atoms with Crippen LogP contribution in [0.2, 0.25) is 0 Å². The van der Waals surface area contributed by atoms with Crippen LogP contribution in [0, 0.1) is 18.8 Å². The van der Waals surface area contributed by atoms with Crippen molar-refractivity contribution < 1.29 is 14.2 Å². The first kappa shape index (κ1) is 25.5. The maximum atomic E-state index is 6.12. The van der Waals surface area contributed by atoms with E-state index < -0.39 is 0 Å². The van der Waals surface area contributed by atoms with Crippen molar-refractivity contribution in [3.8, 4) is 17.2 Å². The van der Waals surface area contributed by atoms with Crippen LogP contribution >= 0.6 is 25.3 Å². The van der Waals surface area contributed by atoms with Gasteiger partial charge in [0.05, 0.1) is 20.3 Å². The van der Waals surface area contributed by atoms with Crippen molar-refractivity contribution in [3.05, 3.63) is 53.1 Å². The van der Waals surface area contributed by atoms with Crippen LogP contribution in [0.15, 0.2) is 36.4 Å². The molecule has 0 fully saturated rings. The molecular weight excluding hydrogens is 424 g/mol. The quantitative estimate of drug-likeness (QED) is 0.268. The molecule has 0 saturated heterocycles. The molecule has 0 radical (unpaired) electrons. The fraction of sp³-hybridized carbons (Fsp3) is 0.462. The molecule has 0 N–H and O–H groups in total. The van der Waals surface area contributed by atoms with Crippen molar-refractivity contribution >= 4 is 35.1 Å². The number of hydrogen-bond acceptors (Lipinski definition) is 5. The molecule has 0 aliphatic heterocycles. The van der Waals surface area contributed by atoms with Crippen molar-refractivity contribution in [2.24, 2.45) is 11.8 Å². The third-order valence-electron chi connectivity index (χ3n) is 5.03. The van der Waals surface area contributed by atoms with Gasteiger partial charge in [0.2, 0.25) is 0 Å². The summed E-state index contributed by atoms with van der Waals surface area (Å²) >= 11 is 9.65. The normalized spacial score (nSPS) is 12.2. The predicted molar refractivity (Wildman–Crippen MR) is 139 cm³/mol. The molecule has 0 amide bonds. The molecule has 0 aliphatic rings. The number of ether oxygens (including phenoxy) is 3. The smallest absolute Gasteiger partial charge is 0.127 e. The van der Waals surface area contributed by atoms with Gasteiger partial charge in [-0.05, 0) is 67.0 Å². The molecule has 3 nitrogen and oxygen atoms in total. The average Bonchev–Trinajstić information content (AvgIpc) is 2.73. The Kier molecular flexibility index (Phi) is 10.2. The van der Waals surface area contributed by atoms with Gasteiger partial charge in [-0.2, -0.15) is 0 Å². The third-order valence-corrected chi connectivity index (χ3v) is 6.15. The van der Waals surface area contributed by atoms with E-state index in [1.165, 1.54) is 0 Å². The first-order chi connectivity index (χ1) is 14.7. The van der Waals surface area contributed by atoms with Crippen molar-refractivity contribution in [3.63, 3.8) is 0 Å². The lowest BCUT2D eigenvalue weighted by Crippen LogP contribution is -2.04. The van der Waals surface area contributed by atoms with Crippen molar-refractivity contribution in [2.45, 2.75) is 47.5 Å². The minimum atomic E-state index is 0.577. The monoisotopic (exact) mass is 460 g/mol. The highest BCUT2D eigenvalue weighted by Gasteiger charge is 2.14. The van der Waals surface area contributed by atoms with Gasteiger partial charge in [-0.25, -0.2) is 0 Å². The highest BCUT2D eigenvalue weighted by molar-refractivity contribution is 7.96. The summed E-state index contributed by atoms with van der Waals surface area (Å²) in [5.74, 6) is 3.59. The molecule has 0 saturated carbocycles. The van der Waals surface area contributed by atoms with E-state index in [1.54, 1.807) is 7.11 Å². The molecule has 0 unspecified atom stereocenters. The van der Waals surface area contributed by atoms with E-state index in [2.05, 4.69) is 27.7 Å². The van der Waals surface area contributed by atoms with E-state index in [9.17, 15) is 0 Å². The van der Waals surface area contributed by atoms with E-state index in [0.717, 1.165) is 56.6 Å². The van der Waals surface area contributed by atoms with Crippen LogP contribution in [-0.4, -0.2) is 20.3 Å². The maximum absolute atomic E-state index is 6.12. The zero-order valence-electron chi connectivity index (χ0n) is 19.6. The molecule has 0 atom stereocenters. The van der Waals surface area contributed by atoms with E-state index in [-0.39, 0.29) is 0 Å². The topological polar surface area (TPSA) is 27.7 Å². The van der Waals surface area contributed by atoms with Gasteiger partial charge < -0.3 is 14.2 Å². The summed E-state index contributed by atoms with van der Waals surface area (Å²) in [6.07, 6.45) is 1.99. The average molecular weight is 461 g/mol. The highest BCUT2D eigenvalue weighted by atomic mass is 32.1. The van der Waals surface area contributed by atoms with Gasteiger partial charge in [0, 0.05) is 15.4 Å². The molecule has 0 heterocycles. The standard InChI is InChI=1S/C26H36O3S2/c1-17(2)11-13-28-21-9-10-23(29-14-12-18(3)4)22(16-21)26(31)25(30)20-8-7-19(5)24(15-20)27-6/h7-10,15-18,30-31H,11-14H2,1-6H3/b26-25-. The molecule has 0 spiro atoms. The summed E-state index contributed by atoms with van der Waals surface area (Å²) in [6, 6.07) is 12.0. The zero-order chi connectivity index (χ0) is 23.0. The number of aryl methyl sites for hydroxylation is 1. The SMILES string of the molecule is COc1cc(/C(S)=C(/S)c2cc(OCCC(C)C)ccc2OCCC(C)C)ccc1C. The van der Waals surface area contributed by atoms with Gasteiger partial charge in [0.25, 0.3) is 0 Å². The van der Waals surface area contributed by atoms with Crippen LogP contribution in [0.25, 0.3) is 9.81 Å². The largest absolute Gasteiger partial charge is 0.496 e. The molecule has 0 aliphatic carbocycles. The lowest BCUT2D eigenvalue weighted by molar-refractivity contribution is 0.281. The predicted octanol–water partition coefficient (Wildman–Crippen LogP) is 7.54. The second-order valence-corrected chi connectivity index (χ2v) is 9.50. The van der Waals surface area contributed by atoms with E-state index >= 15 is 0 Å². The van der Waals surface area contributed by atoms with Gasteiger partial charge in [-0.1, -0.05) is 39.8 Å². The fourth-order valence-corrected chi connectivity index (χ4v) is 3.52. The Morgan fingerprint density at radius 2 is 1.45 bits per heavy atom. The molecular formula is C26H36O3S2. The lowest BCUT2D eigenvalue weighted by atomic mass is 10.1. The second-order valence-electron chi connectivity index (χ2n) is 8.60.